The summed E-state index contributed by atoms with van der Waals surface area (Å²) in [7, 11) is 1.35. The van der Waals surface area contributed by atoms with Gasteiger partial charge in [0.05, 0.1) is 12.7 Å². The van der Waals surface area contributed by atoms with Crippen LogP contribution in [0.5, 0.6) is 0 Å². The van der Waals surface area contributed by atoms with Crippen molar-refractivity contribution in [3.05, 3.63) is 53.4 Å². The highest BCUT2D eigenvalue weighted by atomic mass is 16.5. The topological polar surface area (TPSA) is 102 Å². The summed E-state index contributed by atoms with van der Waals surface area (Å²) in [6.45, 7) is 3.67. The number of hydrogen-bond donors (Lipinski definition) is 2. The zero-order valence-electron chi connectivity index (χ0n) is 14.0. The molecule has 2 heterocycles. The van der Waals surface area contributed by atoms with Crippen molar-refractivity contribution in [3.8, 4) is 0 Å². The highest BCUT2D eigenvalue weighted by Gasteiger charge is 2.08. The van der Waals surface area contributed by atoms with Crippen LogP contribution in [0.1, 0.15) is 21.8 Å². The van der Waals surface area contributed by atoms with Gasteiger partial charge in [0, 0.05) is 23.5 Å². The van der Waals surface area contributed by atoms with Gasteiger partial charge >= 0.3 is 5.97 Å². The van der Waals surface area contributed by atoms with Crippen LogP contribution >= 0.6 is 0 Å². The van der Waals surface area contributed by atoms with E-state index in [4.69, 9.17) is 4.52 Å². The van der Waals surface area contributed by atoms with Gasteiger partial charge in [-0.25, -0.2) is 9.78 Å². The van der Waals surface area contributed by atoms with Gasteiger partial charge in [-0.05, 0) is 38.1 Å². The van der Waals surface area contributed by atoms with Crippen molar-refractivity contribution < 1.29 is 14.1 Å². The molecule has 0 atom stereocenters. The van der Waals surface area contributed by atoms with Gasteiger partial charge in [0.15, 0.2) is 5.82 Å². The maximum absolute atomic E-state index is 11.5. The minimum atomic E-state index is -0.376. The molecule has 0 fully saturated rings. The number of nitrogens with one attached hydrogen (secondary N) is 2. The molecule has 2 aromatic heterocycles. The largest absolute Gasteiger partial charge is 0.465 e. The van der Waals surface area contributed by atoms with Gasteiger partial charge in [0.2, 0.25) is 5.95 Å². The van der Waals surface area contributed by atoms with E-state index in [1.54, 1.807) is 37.3 Å². The zero-order valence-corrected chi connectivity index (χ0v) is 14.0. The quantitative estimate of drug-likeness (QED) is 0.682. The summed E-state index contributed by atoms with van der Waals surface area (Å²) >= 11 is 0. The lowest BCUT2D eigenvalue weighted by Gasteiger charge is -2.09. The molecule has 0 aliphatic rings. The molecule has 0 spiro atoms. The molecule has 25 heavy (non-hydrogen) atoms. The van der Waals surface area contributed by atoms with Gasteiger partial charge in [-0.2, -0.15) is 4.98 Å². The fourth-order valence-electron chi connectivity index (χ4n) is 2.18. The van der Waals surface area contributed by atoms with Crippen LogP contribution in [0.25, 0.3) is 0 Å². The maximum atomic E-state index is 11.5. The van der Waals surface area contributed by atoms with E-state index >= 15 is 0 Å². The summed E-state index contributed by atoms with van der Waals surface area (Å²) in [6.07, 6.45) is 0. The molecule has 0 radical (unpaired) electrons. The summed E-state index contributed by atoms with van der Waals surface area (Å²) in [5, 5.41) is 10.0. The molecule has 0 aliphatic carbocycles. The number of carbonyl (C=O) groups excluding carboxylic acids is 1. The summed E-state index contributed by atoms with van der Waals surface area (Å²) in [5.74, 6) is 1.87. The number of rotatable bonds is 5. The standard InChI is InChI=1S/C17H17N5O3/c1-10-8-14(19-13-6-4-12(5-7-13)16(23)24-3)20-17(18-10)21-15-9-11(2)25-22-15/h4-9H,1-3H3,(H2,18,19,20,21,22). The lowest BCUT2D eigenvalue weighted by Crippen LogP contribution is -2.03. The van der Waals surface area contributed by atoms with E-state index in [9.17, 15) is 4.79 Å². The van der Waals surface area contributed by atoms with E-state index in [-0.39, 0.29) is 5.97 Å². The van der Waals surface area contributed by atoms with Gasteiger partial charge < -0.3 is 19.9 Å². The van der Waals surface area contributed by atoms with Gasteiger partial charge in [-0.15, -0.1) is 0 Å². The van der Waals surface area contributed by atoms with Crippen LogP contribution in [-0.4, -0.2) is 28.2 Å². The Hall–Kier alpha value is -3.42. The van der Waals surface area contributed by atoms with E-state index in [1.807, 2.05) is 13.0 Å². The molecule has 0 bridgehead atoms. The molecule has 0 saturated carbocycles. The average Bonchev–Trinajstić information content (AvgIpc) is 2.99. The van der Waals surface area contributed by atoms with E-state index in [0.29, 0.717) is 28.9 Å². The van der Waals surface area contributed by atoms with E-state index < -0.39 is 0 Å². The highest BCUT2D eigenvalue weighted by Crippen LogP contribution is 2.19. The van der Waals surface area contributed by atoms with Crippen molar-refractivity contribution in [1.82, 2.24) is 15.1 Å². The number of nitrogens with zero attached hydrogens (tertiary/aromatic N) is 3. The van der Waals surface area contributed by atoms with Gasteiger partial charge in [0.25, 0.3) is 0 Å². The number of aryl methyl sites for hydroxylation is 2. The molecule has 8 heteroatoms. The van der Waals surface area contributed by atoms with Crippen molar-refractivity contribution >= 4 is 29.2 Å². The SMILES string of the molecule is COC(=O)c1ccc(Nc2cc(C)nc(Nc3cc(C)on3)n2)cc1. The predicted molar refractivity (Wildman–Crippen MR) is 92.4 cm³/mol. The van der Waals surface area contributed by atoms with Gasteiger partial charge in [-0.3, -0.25) is 0 Å². The molecular formula is C17H17N5O3. The number of carbonyl (C=O) groups is 1. The van der Waals surface area contributed by atoms with Crippen molar-refractivity contribution in [2.45, 2.75) is 13.8 Å². The molecule has 1 aromatic carbocycles. The summed E-state index contributed by atoms with van der Waals surface area (Å²) in [6, 6.07) is 10.5. The first-order valence-electron chi connectivity index (χ1n) is 7.55. The van der Waals surface area contributed by atoms with Crippen LogP contribution in [0, 0.1) is 13.8 Å². The van der Waals surface area contributed by atoms with Crippen LogP contribution in [0.3, 0.4) is 0 Å². The normalized spacial score (nSPS) is 10.4. The van der Waals surface area contributed by atoms with Crippen LogP contribution < -0.4 is 10.6 Å². The monoisotopic (exact) mass is 339 g/mol. The van der Waals surface area contributed by atoms with Crippen LogP contribution in [0.15, 0.2) is 40.9 Å². The molecular weight excluding hydrogens is 322 g/mol. The fraction of sp³-hybridized carbons (Fsp3) is 0.176. The summed E-state index contributed by atoms with van der Waals surface area (Å²) in [4.78, 5) is 20.2. The Labute approximate surface area is 144 Å². The molecule has 128 valence electrons. The van der Waals surface area contributed by atoms with Gasteiger partial charge in [0.1, 0.15) is 11.6 Å². The van der Waals surface area contributed by atoms with E-state index in [2.05, 4.69) is 30.5 Å². The Morgan fingerprint density at radius 3 is 2.44 bits per heavy atom. The minimum Gasteiger partial charge on any atom is -0.465 e. The molecule has 0 aliphatic heterocycles. The third-order valence-corrected chi connectivity index (χ3v) is 3.30. The Kier molecular flexibility index (Phi) is 4.60. The number of benzene rings is 1. The molecule has 0 unspecified atom stereocenters. The summed E-state index contributed by atoms with van der Waals surface area (Å²) in [5.41, 5.74) is 2.05. The van der Waals surface area contributed by atoms with Crippen LogP contribution in [0.2, 0.25) is 0 Å². The van der Waals surface area contributed by atoms with Crippen LogP contribution in [0.4, 0.5) is 23.3 Å². The second-order valence-corrected chi connectivity index (χ2v) is 5.36. The first-order chi connectivity index (χ1) is 12.0. The Morgan fingerprint density at radius 2 is 1.80 bits per heavy atom. The van der Waals surface area contributed by atoms with Crippen molar-refractivity contribution in [1.29, 1.82) is 0 Å². The lowest BCUT2D eigenvalue weighted by molar-refractivity contribution is 0.0601. The molecule has 2 N–H and O–H groups in total. The first kappa shape index (κ1) is 16.4. The van der Waals surface area contributed by atoms with E-state index in [0.717, 1.165) is 11.4 Å². The third-order valence-electron chi connectivity index (χ3n) is 3.30. The Bertz CT molecular complexity index is 890. The average molecular weight is 339 g/mol. The van der Waals surface area contributed by atoms with Crippen molar-refractivity contribution in [2.24, 2.45) is 0 Å². The maximum Gasteiger partial charge on any atom is 0.337 e. The third kappa shape index (κ3) is 4.11. The minimum absolute atomic E-state index is 0.376. The number of esters is 1. The number of hydrogen-bond acceptors (Lipinski definition) is 8. The molecule has 3 aromatic rings. The molecule has 8 nitrogen and oxygen atoms in total. The highest BCUT2D eigenvalue weighted by molar-refractivity contribution is 5.89. The first-order valence-corrected chi connectivity index (χ1v) is 7.55. The van der Waals surface area contributed by atoms with Crippen molar-refractivity contribution in [2.75, 3.05) is 17.7 Å². The smallest absolute Gasteiger partial charge is 0.337 e. The molecule has 3 rings (SSSR count). The molecule has 0 amide bonds. The number of anilines is 4. The predicted octanol–water partition coefficient (Wildman–Crippen LogP) is 3.36. The van der Waals surface area contributed by atoms with Crippen molar-refractivity contribution in [3.63, 3.8) is 0 Å². The fourth-order valence-corrected chi connectivity index (χ4v) is 2.18. The Morgan fingerprint density at radius 1 is 1.04 bits per heavy atom. The lowest BCUT2D eigenvalue weighted by atomic mass is 10.2. The zero-order chi connectivity index (χ0) is 17.8. The second kappa shape index (κ2) is 7.00. The number of aromatic nitrogens is 3. The number of methoxy groups -OCH3 is 1. The Balaban J connectivity index is 1.77. The van der Waals surface area contributed by atoms with E-state index in [1.165, 1.54) is 7.11 Å². The number of ether oxygens (including phenoxy) is 1. The van der Waals surface area contributed by atoms with Crippen LogP contribution in [-0.2, 0) is 4.74 Å². The summed E-state index contributed by atoms with van der Waals surface area (Å²) < 4.78 is 9.69. The second-order valence-electron chi connectivity index (χ2n) is 5.36. The molecule has 0 saturated heterocycles. The van der Waals surface area contributed by atoms with Gasteiger partial charge in [-0.1, -0.05) is 5.16 Å².